The molecule has 0 aliphatic rings. The van der Waals surface area contributed by atoms with Gasteiger partial charge in [0.05, 0.1) is 5.60 Å². The molecule has 0 radical (unpaired) electrons. The number of hydrogen-bond acceptors (Lipinski definition) is 3. The van der Waals surface area contributed by atoms with E-state index in [1.54, 1.807) is 43.3 Å². The number of allylic oxidation sites excluding steroid dienone is 4. The fourth-order valence-electron chi connectivity index (χ4n) is 3.82. The van der Waals surface area contributed by atoms with E-state index in [1.165, 1.54) is 31.9 Å². The quantitative estimate of drug-likeness (QED) is 0.159. The van der Waals surface area contributed by atoms with Gasteiger partial charge in [0.25, 0.3) is 0 Å². The molecule has 0 bridgehead atoms. The van der Waals surface area contributed by atoms with Crippen LogP contribution >= 0.6 is 0 Å². The highest BCUT2D eigenvalue weighted by Crippen LogP contribution is 2.26. The molecule has 2 aromatic carbocycles. The predicted octanol–water partition coefficient (Wildman–Crippen LogP) is 10.9. The third kappa shape index (κ3) is 15.1. The highest BCUT2D eigenvalue weighted by atomic mass is 19.1. The minimum Gasteiger partial charge on any atom is -0.461 e. The van der Waals surface area contributed by atoms with Gasteiger partial charge in [0, 0.05) is 18.1 Å². The Hall–Kier alpha value is -3.31. The molecule has 1 N–H and O–H groups in total. The van der Waals surface area contributed by atoms with Gasteiger partial charge in [0.1, 0.15) is 11.6 Å². The normalized spacial score (nSPS) is 14.1. The summed E-state index contributed by atoms with van der Waals surface area (Å²) in [5.41, 5.74) is 4.87. The Balaban J connectivity index is 0.000000682. The van der Waals surface area contributed by atoms with Crippen LogP contribution in [0.5, 0.6) is 5.75 Å². The zero-order valence-electron chi connectivity index (χ0n) is 28.3. The zero-order valence-corrected chi connectivity index (χ0v) is 28.3. The third-order valence-electron chi connectivity index (χ3n) is 7.25. The minimum atomic E-state index is -1.36. The molecule has 0 spiro atoms. The van der Waals surface area contributed by atoms with E-state index in [4.69, 9.17) is 4.74 Å². The van der Waals surface area contributed by atoms with E-state index < -0.39 is 12.0 Å². The molecule has 3 atom stereocenters. The lowest BCUT2D eigenvalue weighted by Gasteiger charge is -2.21. The van der Waals surface area contributed by atoms with Gasteiger partial charge in [-0.15, -0.1) is 0 Å². The molecular weight excluding hydrogens is 542 g/mol. The highest BCUT2D eigenvalue weighted by Gasteiger charge is 2.19. The van der Waals surface area contributed by atoms with Crippen LogP contribution in [0.25, 0.3) is 5.57 Å². The van der Waals surface area contributed by atoms with Gasteiger partial charge in [0.2, 0.25) is 6.36 Å². The SMILES string of the molecule is C=C(/C=C\C(=C/C)c1cc(C)c(C)cc1F)C(C)(O)CC.C=C(C)C(C)CC(C)C.CC(=O)c1cccc(OC(C)F)c1. The first-order valence-electron chi connectivity index (χ1n) is 15.0. The first-order chi connectivity index (χ1) is 19.9. The average molecular weight is 597 g/mol. The number of ether oxygens (including phenoxy) is 1. The standard InChI is InChI=1S/C19H25FO.C10H11FO2.C9H18/c1-7-16(10-9-15(5)19(6,21)8-2)17-11-13(3)14(4)12-18(17)20;1-7(12)9-4-3-5-10(6-9)13-8(2)11;1-7(2)6-9(5)8(3)4/h7,9-12,21H,5,8H2,1-4,6H3;3-6,8H,1-2H3;7,9H,3,6H2,1-2,4-5H3/b10-9-,16-7+;;. The van der Waals surface area contributed by atoms with Crippen molar-refractivity contribution in [2.24, 2.45) is 11.8 Å². The molecule has 3 nitrogen and oxygen atoms in total. The fourth-order valence-corrected chi connectivity index (χ4v) is 3.82. The second-order valence-corrected chi connectivity index (χ2v) is 11.8. The van der Waals surface area contributed by atoms with Crippen molar-refractivity contribution in [3.63, 3.8) is 0 Å². The number of alkyl halides is 1. The molecule has 3 unspecified atom stereocenters. The number of benzene rings is 2. The number of ketones is 1. The van der Waals surface area contributed by atoms with Gasteiger partial charge in [-0.25, -0.2) is 8.78 Å². The second kappa shape index (κ2) is 19.1. The van der Waals surface area contributed by atoms with Gasteiger partial charge in [0.15, 0.2) is 5.78 Å². The minimum absolute atomic E-state index is 0.0584. The number of rotatable bonds is 11. The number of aryl methyl sites for hydroxylation is 2. The summed E-state index contributed by atoms with van der Waals surface area (Å²) in [5, 5.41) is 10.1. The van der Waals surface area contributed by atoms with Crippen LogP contribution in [0.3, 0.4) is 0 Å². The van der Waals surface area contributed by atoms with Crippen LogP contribution in [0.1, 0.15) is 102 Å². The van der Waals surface area contributed by atoms with Crippen molar-refractivity contribution in [2.75, 3.05) is 0 Å². The Morgan fingerprint density at radius 1 is 1.05 bits per heavy atom. The van der Waals surface area contributed by atoms with Crippen molar-refractivity contribution in [3.05, 3.63) is 107 Å². The summed E-state index contributed by atoms with van der Waals surface area (Å²) in [6, 6.07) is 9.87. The van der Waals surface area contributed by atoms with Crippen molar-refractivity contribution in [1.29, 1.82) is 0 Å². The molecule has 0 saturated carbocycles. The van der Waals surface area contributed by atoms with E-state index in [0.29, 0.717) is 34.8 Å². The number of aliphatic hydroxyl groups is 1. The molecule has 0 fully saturated rings. The molecule has 2 aromatic rings. The molecular formula is C38H54F2O3. The van der Waals surface area contributed by atoms with Crippen molar-refractivity contribution < 1.29 is 23.4 Å². The van der Waals surface area contributed by atoms with Gasteiger partial charge in [-0.3, -0.25) is 4.79 Å². The summed E-state index contributed by atoms with van der Waals surface area (Å²) in [4.78, 5) is 10.9. The van der Waals surface area contributed by atoms with Crippen LogP contribution in [-0.4, -0.2) is 22.8 Å². The van der Waals surface area contributed by atoms with Crippen molar-refractivity contribution in [1.82, 2.24) is 0 Å². The molecule has 43 heavy (non-hydrogen) atoms. The monoisotopic (exact) mass is 596 g/mol. The van der Waals surface area contributed by atoms with Crippen LogP contribution in [0.15, 0.2) is 78.9 Å². The first-order valence-corrected chi connectivity index (χ1v) is 15.0. The van der Waals surface area contributed by atoms with Crippen molar-refractivity contribution in [3.8, 4) is 5.75 Å². The predicted molar refractivity (Wildman–Crippen MR) is 180 cm³/mol. The number of hydrogen-bond donors (Lipinski definition) is 1. The van der Waals surface area contributed by atoms with Crippen LogP contribution < -0.4 is 4.74 Å². The molecule has 238 valence electrons. The maximum absolute atomic E-state index is 14.1. The maximum Gasteiger partial charge on any atom is 0.235 e. The number of Topliss-reactive ketones (excluding diaryl/α,β-unsaturated/α-hetero) is 1. The van der Waals surface area contributed by atoms with E-state index in [0.717, 1.165) is 22.6 Å². The highest BCUT2D eigenvalue weighted by molar-refractivity contribution is 5.94. The van der Waals surface area contributed by atoms with Crippen LogP contribution in [0.4, 0.5) is 8.78 Å². The summed E-state index contributed by atoms with van der Waals surface area (Å²) in [6.45, 7) is 28.8. The van der Waals surface area contributed by atoms with Crippen molar-refractivity contribution >= 4 is 11.4 Å². The molecule has 5 heteroatoms. The topological polar surface area (TPSA) is 46.5 Å². The van der Waals surface area contributed by atoms with Crippen LogP contribution in [0, 0.1) is 31.5 Å². The van der Waals surface area contributed by atoms with Crippen molar-refractivity contribution in [2.45, 2.75) is 101 Å². The molecule has 0 saturated heterocycles. The van der Waals surface area contributed by atoms with Crippen LogP contribution in [0.2, 0.25) is 0 Å². The van der Waals surface area contributed by atoms with Gasteiger partial charge < -0.3 is 9.84 Å². The summed E-state index contributed by atoms with van der Waals surface area (Å²) >= 11 is 0. The zero-order chi connectivity index (χ0) is 33.5. The Morgan fingerprint density at radius 2 is 1.63 bits per heavy atom. The Bertz CT molecular complexity index is 1270. The Labute approximate surface area is 260 Å². The fraction of sp³-hybridized carbons (Fsp3) is 0.447. The lowest BCUT2D eigenvalue weighted by Crippen LogP contribution is -2.23. The molecule has 0 aliphatic carbocycles. The third-order valence-corrected chi connectivity index (χ3v) is 7.25. The Kier molecular flexibility index (Phi) is 17.6. The van der Waals surface area contributed by atoms with Gasteiger partial charge in [-0.1, -0.05) is 76.8 Å². The number of carbonyl (C=O) groups excluding carboxylic acids is 1. The molecule has 0 amide bonds. The second-order valence-electron chi connectivity index (χ2n) is 11.8. The van der Waals surface area contributed by atoms with E-state index in [9.17, 15) is 18.7 Å². The molecule has 2 rings (SSSR count). The van der Waals surface area contributed by atoms with Gasteiger partial charge in [-0.2, -0.15) is 0 Å². The molecule has 0 aliphatic heterocycles. The lowest BCUT2D eigenvalue weighted by molar-refractivity contribution is 0.0855. The smallest absolute Gasteiger partial charge is 0.235 e. The largest absolute Gasteiger partial charge is 0.461 e. The summed E-state index contributed by atoms with van der Waals surface area (Å²) in [7, 11) is 0. The molecule has 0 aromatic heterocycles. The average Bonchev–Trinajstić information content (AvgIpc) is 2.91. The van der Waals surface area contributed by atoms with Gasteiger partial charge in [-0.05, 0) is 113 Å². The molecule has 0 heterocycles. The first kappa shape index (κ1) is 39.7. The summed E-state index contributed by atoms with van der Waals surface area (Å²) < 4.78 is 31.3. The Morgan fingerprint density at radius 3 is 2.07 bits per heavy atom. The lowest BCUT2D eigenvalue weighted by atomic mass is 9.92. The van der Waals surface area contributed by atoms with E-state index in [2.05, 4.69) is 40.9 Å². The number of halogens is 2. The van der Waals surface area contributed by atoms with E-state index in [1.807, 2.05) is 39.8 Å². The van der Waals surface area contributed by atoms with E-state index >= 15 is 0 Å². The summed E-state index contributed by atoms with van der Waals surface area (Å²) in [5.74, 6) is 1.59. The number of carbonyl (C=O) groups is 1. The van der Waals surface area contributed by atoms with Gasteiger partial charge >= 0.3 is 0 Å². The van der Waals surface area contributed by atoms with Crippen LogP contribution in [-0.2, 0) is 0 Å². The maximum atomic E-state index is 14.1. The van der Waals surface area contributed by atoms with E-state index in [-0.39, 0.29) is 11.6 Å². The summed E-state index contributed by atoms with van der Waals surface area (Å²) in [6.07, 6.45) is 5.92.